The first-order chi connectivity index (χ1) is 28.7. The van der Waals surface area contributed by atoms with Crippen LogP contribution in [0.1, 0.15) is 0 Å². The van der Waals surface area contributed by atoms with Crippen molar-refractivity contribution in [3.05, 3.63) is 243 Å². The molecule has 0 saturated heterocycles. The van der Waals surface area contributed by atoms with Crippen LogP contribution in [0.3, 0.4) is 0 Å². The van der Waals surface area contributed by atoms with Gasteiger partial charge in [0.25, 0.3) is 0 Å². The maximum Gasteiger partial charge on any atom is 0.0534 e. The maximum absolute atomic E-state index is 2.34. The molecule has 10 aromatic rings. The SMILES string of the molecule is c1ccc(-c2ccc(N(c3ccc(-c4ccccc4)cc3)c3ccc(-c4cccc(-c5cccc(-n6cc(-c7ccccc7)c7ccccc76)c5)c4)cc3)cc2)cc1. The molecule has 0 aliphatic rings. The zero-order valence-corrected chi connectivity index (χ0v) is 32.0. The molecule has 0 saturated carbocycles. The molecule has 274 valence electrons. The van der Waals surface area contributed by atoms with Crippen LogP contribution in [-0.2, 0) is 0 Å². The van der Waals surface area contributed by atoms with E-state index in [9.17, 15) is 0 Å². The number of para-hydroxylation sites is 1. The van der Waals surface area contributed by atoms with E-state index in [1.165, 1.54) is 66.5 Å². The standard InChI is InChI=1S/C56H40N2/c1-4-14-41(15-5-1)43-26-32-50(33-27-43)58(51-34-28-44(29-35-51)42-16-6-2-7-17-42)52-36-30-45(31-37-52)47-20-12-21-48(38-47)49-22-13-23-53(39-49)57-40-55(46-18-8-3-9-19-46)54-24-10-11-25-56(54)57/h1-40H. The van der Waals surface area contributed by atoms with E-state index >= 15 is 0 Å². The smallest absolute Gasteiger partial charge is 0.0534 e. The molecule has 9 aromatic carbocycles. The topological polar surface area (TPSA) is 8.17 Å². The van der Waals surface area contributed by atoms with Gasteiger partial charge in [0.15, 0.2) is 0 Å². The molecule has 1 heterocycles. The van der Waals surface area contributed by atoms with Gasteiger partial charge in [0.2, 0.25) is 0 Å². The number of benzene rings is 9. The van der Waals surface area contributed by atoms with Crippen LogP contribution in [0.15, 0.2) is 243 Å². The molecule has 0 amide bonds. The van der Waals surface area contributed by atoms with Gasteiger partial charge in [-0.05, 0) is 111 Å². The van der Waals surface area contributed by atoms with Gasteiger partial charge in [-0.2, -0.15) is 0 Å². The highest BCUT2D eigenvalue weighted by atomic mass is 15.1. The van der Waals surface area contributed by atoms with Crippen molar-refractivity contribution < 1.29 is 0 Å². The summed E-state index contributed by atoms with van der Waals surface area (Å²) >= 11 is 0. The number of hydrogen-bond donors (Lipinski definition) is 0. The monoisotopic (exact) mass is 740 g/mol. The lowest BCUT2D eigenvalue weighted by atomic mass is 9.98. The number of fused-ring (bicyclic) bond motifs is 1. The zero-order valence-electron chi connectivity index (χ0n) is 32.0. The Morgan fingerprint density at radius 2 is 0.655 bits per heavy atom. The fourth-order valence-electron chi connectivity index (χ4n) is 8.07. The summed E-state index contributed by atoms with van der Waals surface area (Å²) in [5.41, 5.74) is 17.6. The van der Waals surface area contributed by atoms with Gasteiger partial charge >= 0.3 is 0 Å². The number of aromatic nitrogens is 1. The van der Waals surface area contributed by atoms with Gasteiger partial charge < -0.3 is 9.47 Å². The Kier molecular flexibility index (Phi) is 9.27. The molecule has 0 spiro atoms. The number of rotatable bonds is 9. The fraction of sp³-hybridized carbons (Fsp3) is 0. The second kappa shape index (κ2) is 15.5. The molecular formula is C56H40N2. The Morgan fingerprint density at radius 3 is 1.19 bits per heavy atom. The number of nitrogens with zero attached hydrogens (tertiary/aromatic N) is 2. The van der Waals surface area contributed by atoms with Gasteiger partial charge in [-0.1, -0.05) is 176 Å². The molecule has 0 aliphatic heterocycles. The lowest BCUT2D eigenvalue weighted by Gasteiger charge is -2.26. The number of anilines is 3. The lowest BCUT2D eigenvalue weighted by molar-refractivity contribution is 1.13. The van der Waals surface area contributed by atoms with Crippen LogP contribution in [-0.4, -0.2) is 4.57 Å². The first-order valence-electron chi connectivity index (χ1n) is 19.8. The van der Waals surface area contributed by atoms with Crippen molar-refractivity contribution in [2.75, 3.05) is 4.90 Å². The van der Waals surface area contributed by atoms with E-state index in [0.717, 1.165) is 22.7 Å². The second-order valence-corrected chi connectivity index (χ2v) is 14.6. The molecule has 0 radical (unpaired) electrons. The summed E-state index contributed by atoms with van der Waals surface area (Å²) < 4.78 is 2.32. The third-order valence-electron chi connectivity index (χ3n) is 11.0. The van der Waals surface area contributed by atoms with Gasteiger partial charge in [0.1, 0.15) is 0 Å². The van der Waals surface area contributed by atoms with Crippen molar-refractivity contribution in [2.24, 2.45) is 0 Å². The van der Waals surface area contributed by atoms with Gasteiger partial charge in [-0.15, -0.1) is 0 Å². The average molecular weight is 741 g/mol. The van der Waals surface area contributed by atoms with Crippen molar-refractivity contribution in [2.45, 2.75) is 0 Å². The molecule has 2 heteroatoms. The molecule has 0 aliphatic carbocycles. The summed E-state index contributed by atoms with van der Waals surface area (Å²) in [6.45, 7) is 0. The Morgan fingerprint density at radius 1 is 0.276 bits per heavy atom. The summed E-state index contributed by atoms with van der Waals surface area (Å²) in [5.74, 6) is 0. The van der Waals surface area contributed by atoms with Crippen LogP contribution < -0.4 is 4.90 Å². The van der Waals surface area contributed by atoms with Crippen molar-refractivity contribution in [1.29, 1.82) is 0 Å². The van der Waals surface area contributed by atoms with E-state index in [2.05, 4.69) is 252 Å². The Hall–Kier alpha value is -7.68. The average Bonchev–Trinajstić information content (AvgIpc) is 3.71. The molecular weight excluding hydrogens is 701 g/mol. The minimum absolute atomic E-state index is 1.10. The molecule has 0 bridgehead atoms. The van der Waals surface area contributed by atoms with Crippen LogP contribution in [0, 0.1) is 0 Å². The fourth-order valence-corrected chi connectivity index (χ4v) is 8.07. The van der Waals surface area contributed by atoms with Crippen molar-refractivity contribution in [3.8, 4) is 61.3 Å². The van der Waals surface area contributed by atoms with Gasteiger partial charge in [0, 0.05) is 39.9 Å². The first kappa shape index (κ1) is 34.8. The molecule has 10 rings (SSSR count). The predicted octanol–water partition coefficient (Wildman–Crippen LogP) is 15.4. The van der Waals surface area contributed by atoms with Crippen LogP contribution in [0.5, 0.6) is 0 Å². The van der Waals surface area contributed by atoms with Crippen molar-refractivity contribution >= 4 is 28.0 Å². The van der Waals surface area contributed by atoms with E-state index in [1.807, 2.05) is 0 Å². The van der Waals surface area contributed by atoms with E-state index in [-0.39, 0.29) is 0 Å². The molecule has 58 heavy (non-hydrogen) atoms. The maximum atomic E-state index is 2.34. The molecule has 2 nitrogen and oxygen atoms in total. The second-order valence-electron chi connectivity index (χ2n) is 14.6. The minimum atomic E-state index is 1.10. The highest BCUT2D eigenvalue weighted by Gasteiger charge is 2.15. The van der Waals surface area contributed by atoms with Crippen LogP contribution >= 0.6 is 0 Å². The normalized spacial score (nSPS) is 11.1. The highest BCUT2D eigenvalue weighted by molar-refractivity contribution is 5.97. The molecule has 0 unspecified atom stereocenters. The molecule has 1 aromatic heterocycles. The van der Waals surface area contributed by atoms with E-state index in [1.54, 1.807) is 0 Å². The zero-order chi connectivity index (χ0) is 38.7. The molecule has 0 fully saturated rings. The van der Waals surface area contributed by atoms with Gasteiger partial charge in [0.05, 0.1) is 5.52 Å². The lowest BCUT2D eigenvalue weighted by Crippen LogP contribution is -2.09. The summed E-state index contributed by atoms with van der Waals surface area (Å²) in [7, 11) is 0. The quantitative estimate of drug-likeness (QED) is 0.143. The third kappa shape index (κ3) is 6.89. The van der Waals surface area contributed by atoms with Gasteiger partial charge in [-0.3, -0.25) is 0 Å². The Labute approximate surface area is 340 Å². The van der Waals surface area contributed by atoms with E-state index in [4.69, 9.17) is 0 Å². The number of hydrogen-bond acceptors (Lipinski definition) is 1. The van der Waals surface area contributed by atoms with E-state index in [0.29, 0.717) is 0 Å². The van der Waals surface area contributed by atoms with Crippen LogP contribution in [0.25, 0.3) is 72.2 Å². The predicted molar refractivity (Wildman–Crippen MR) is 245 cm³/mol. The Balaban J connectivity index is 0.970. The first-order valence-corrected chi connectivity index (χ1v) is 19.8. The van der Waals surface area contributed by atoms with Crippen molar-refractivity contribution in [3.63, 3.8) is 0 Å². The minimum Gasteiger partial charge on any atom is -0.316 e. The summed E-state index contributed by atoms with van der Waals surface area (Å²) in [4.78, 5) is 2.34. The largest absolute Gasteiger partial charge is 0.316 e. The van der Waals surface area contributed by atoms with Crippen LogP contribution in [0.2, 0.25) is 0 Å². The van der Waals surface area contributed by atoms with Gasteiger partial charge in [-0.25, -0.2) is 0 Å². The van der Waals surface area contributed by atoms with Crippen molar-refractivity contribution in [1.82, 2.24) is 4.57 Å². The van der Waals surface area contributed by atoms with E-state index < -0.39 is 0 Å². The highest BCUT2D eigenvalue weighted by Crippen LogP contribution is 2.39. The summed E-state index contributed by atoms with van der Waals surface area (Å²) in [5, 5.41) is 1.25. The Bertz CT molecular complexity index is 2860. The summed E-state index contributed by atoms with van der Waals surface area (Å²) in [6.07, 6.45) is 2.27. The summed E-state index contributed by atoms with van der Waals surface area (Å²) in [6, 6.07) is 84.9. The third-order valence-corrected chi connectivity index (χ3v) is 11.0. The molecule has 0 atom stereocenters. The van der Waals surface area contributed by atoms with Crippen LogP contribution in [0.4, 0.5) is 17.1 Å². The molecule has 0 N–H and O–H groups in total.